The fraction of sp³-hybridized carbons (Fsp3) is 0.516. The van der Waals surface area contributed by atoms with Crippen LogP contribution in [0.25, 0.3) is 10.8 Å². The first-order valence-electron chi connectivity index (χ1n) is 14.7. The number of ether oxygens (including phenoxy) is 1. The topological polar surface area (TPSA) is 71.8 Å². The van der Waals surface area contributed by atoms with Crippen molar-refractivity contribution in [3.63, 3.8) is 0 Å². The number of likely N-dealkylation sites (tertiary alicyclic amines) is 1. The number of hydrogen-bond acceptors (Lipinski definition) is 8. The number of halogens is 1. The Labute approximate surface area is 241 Å². The summed E-state index contributed by atoms with van der Waals surface area (Å²) in [6.07, 6.45) is 7.84. The van der Waals surface area contributed by atoms with E-state index in [9.17, 15) is 5.26 Å². The zero-order valence-corrected chi connectivity index (χ0v) is 23.9. The third-order valence-electron chi connectivity index (χ3n) is 9.55. The second-order valence-electron chi connectivity index (χ2n) is 11.7. The molecule has 7 rings (SSSR count). The number of anilines is 2. The first-order chi connectivity index (χ1) is 19.6. The molecule has 40 heavy (non-hydrogen) atoms. The maximum Gasteiger partial charge on any atom is 0.318 e. The van der Waals surface area contributed by atoms with E-state index in [-0.39, 0.29) is 6.04 Å². The SMILES string of the molecule is CN(c1nc(OCC2CCN3CCCC23)nc2c1CCN(c1cccc3cccc(Cl)c13)C2)[C@@H]1CCN(C#N)C1. The molecule has 0 radical (unpaired) electrons. The number of benzene rings is 2. The summed E-state index contributed by atoms with van der Waals surface area (Å²) in [5.41, 5.74) is 3.35. The van der Waals surface area contributed by atoms with Gasteiger partial charge in [0.15, 0.2) is 6.19 Å². The molecule has 1 aromatic heterocycles. The van der Waals surface area contributed by atoms with Gasteiger partial charge in [0.2, 0.25) is 0 Å². The molecule has 0 N–H and O–H groups in total. The van der Waals surface area contributed by atoms with Crippen molar-refractivity contribution < 1.29 is 4.74 Å². The number of nitrogens with zero attached hydrogens (tertiary/aromatic N) is 7. The standard InChI is InChI=1S/C31H36ClN7O/c1-36(23-11-14-37(17-23)20-33)30-24-12-16-39(28-8-3-6-21-5-2-7-25(32)29(21)28)18-26(24)34-31(35-30)40-19-22-10-15-38-13-4-9-27(22)38/h2-3,5-8,22-23,27H,4,9-19H2,1H3/t22?,23-,27?/m1/s1. The number of nitriles is 1. The Morgan fingerprint density at radius 1 is 1.07 bits per heavy atom. The van der Waals surface area contributed by atoms with E-state index in [0.717, 1.165) is 65.5 Å². The van der Waals surface area contributed by atoms with Crippen LogP contribution in [-0.2, 0) is 13.0 Å². The minimum atomic E-state index is 0.239. The predicted octanol–water partition coefficient (Wildman–Crippen LogP) is 4.70. The van der Waals surface area contributed by atoms with Crippen LogP contribution in [0.2, 0.25) is 5.02 Å². The largest absolute Gasteiger partial charge is 0.463 e. The normalized spacial score (nSPS) is 24.3. The highest BCUT2D eigenvalue weighted by molar-refractivity contribution is 6.36. The average molecular weight is 558 g/mol. The molecule has 9 heteroatoms. The number of aromatic nitrogens is 2. The summed E-state index contributed by atoms with van der Waals surface area (Å²) in [5.74, 6) is 1.49. The Hall–Kier alpha value is -3.28. The maximum atomic E-state index is 9.44. The highest BCUT2D eigenvalue weighted by Crippen LogP contribution is 2.38. The molecule has 0 aliphatic carbocycles. The van der Waals surface area contributed by atoms with Crippen LogP contribution in [0, 0.1) is 17.4 Å². The van der Waals surface area contributed by atoms with Gasteiger partial charge in [-0.1, -0.05) is 35.9 Å². The summed E-state index contributed by atoms with van der Waals surface area (Å²) in [4.78, 5) is 19.2. The van der Waals surface area contributed by atoms with Gasteiger partial charge in [-0.15, -0.1) is 0 Å². The van der Waals surface area contributed by atoms with Crippen LogP contribution in [0.4, 0.5) is 11.5 Å². The third-order valence-corrected chi connectivity index (χ3v) is 9.87. The zero-order chi connectivity index (χ0) is 27.2. The van der Waals surface area contributed by atoms with E-state index in [0.29, 0.717) is 31.1 Å². The molecule has 8 nitrogen and oxygen atoms in total. The van der Waals surface area contributed by atoms with Gasteiger partial charge >= 0.3 is 6.01 Å². The van der Waals surface area contributed by atoms with Gasteiger partial charge < -0.3 is 19.4 Å². The summed E-state index contributed by atoms with van der Waals surface area (Å²) >= 11 is 6.70. The van der Waals surface area contributed by atoms with Crippen molar-refractivity contribution >= 4 is 33.9 Å². The van der Waals surface area contributed by atoms with Crippen LogP contribution in [0.5, 0.6) is 6.01 Å². The molecule has 208 valence electrons. The summed E-state index contributed by atoms with van der Waals surface area (Å²) < 4.78 is 6.41. The van der Waals surface area contributed by atoms with Crippen molar-refractivity contribution in [2.75, 3.05) is 56.2 Å². The van der Waals surface area contributed by atoms with E-state index in [2.05, 4.69) is 52.2 Å². The minimum absolute atomic E-state index is 0.239. The number of fused-ring (bicyclic) bond motifs is 3. The summed E-state index contributed by atoms with van der Waals surface area (Å²) in [6.45, 7) is 6.11. The van der Waals surface area contributed by atoms with Crippen LogP contribution in [0.1, 0.15) is 36.9 Å². The molecule has 2 aromatic carbocycles. The van der Waals surface area contributed by atoms with Gasteiger partial charge in [-0.05, 0) is 62.7 Å². The smallest absolute Gasteiger partial charge is 0.318 e. The molecule has 3 saturated heterocycles. The lowest BCUT2D eigenvalue weighted by atomic mass is 9.99. The quantitative estimate of drug-likeness (QED) is 0.404. The van der Waals surface area contributed by atoms with E-state index in [4.69, 9.17) is 26.3 Å². The van der Waals surface area contributed by atoms with Crippen LogP contribution in [0.3, 0.4) is 0 Å². The fourth-order valence-corrected chi connectivity index (χ4v) is 7.65. The van der Waals surface area contributed by atoms with Gasteiger partial charge in [0.05, 0.1) is 29.9 Å². The molecule has 0 saturated carbocycles. The lowest BCUT2D eigenvalue weighted by molar-refractivity contribution is 0.196. The van der Waals surface area contributed by atoms with Crippen LogP contribution in [0.15, 0.2) is 36.4 Å². The van der Waals surface area contributed by atoms with Gasteiger partial charge in [-0.25, -0.2) is 0 Å². The second kappa shape index (κ2) is 10.6. The molecule has 4 aliphatic rings. The zero-order valence-electron chi connectivity index (χ0n) is 23.1. The van der Waals surface area contributed by atoms with Crippen molar-refractivity contribution in [3.05, 3.63) is 52.7 Å². The van der Waals surface area contributed by atoms with Gasteiger partial charge in [0, 0.05) is 55.3 Å². The van der Waals surface area contributed by atoms with Crippen LogP contribution < -0.4 is 14.5 Å². The van der Waals surface area contributed by atoms with Crippen molar-refractivity contribution in [2.24, 2.45) is 5.92 Å². The molecule has 0 amide bonds. The number of hydrogen-bond donors (Lipinski definition) is 0. The van der Waals surface area contributed by atoms with Crippen molar-refractivity contribution in [1.29, 1.82) is 5.26 Å². The Morgan fingerprint density at radius 2 is 1.95 bits per heavy atom. The first kappa shape index (κ1) is 25.7. The molecule has 4 aliphatic heterocycles. The molecule has 0 bridgehead atoms. The van der Waals surface area contributed by atoms with E-state index in [1.165, 1.54) is 37.9 Å². The molecule has 5 heterocycles. The Kier molecular flexibility index (Phi) is 6.81. The van der Waals surface area contributed by atoms with Gasteiger partial charge in [-0.3, -0.25) is 4.90 Å². The molecule has 3 fully saturated rings. The molecule has 3 aromatic rings. The molecule has 3 atom stereocenters. The van der Waals surface area contributed by atoms with Gasteiger partial charge in [0.1, 0.15) is 5.82 Å². The molecule has 0 spiro atoms. The third kappa shape index (κ3) is 4.59. The van der Waals surface area contributed by atoms with Crippen LogP contribution >= 0.6 is 11.6 Å². The summed E-state index contributed by atoms with van der Waals surface area (Å²) in [5, 5.41) is 12.4. The predicted molar refractivity (Wildman–Crippen MR) is 158 cm³/mol. The highest BCUT2D eigenvalue weighted by atomic mass is 35.5. The highest BCUT2D eigenvalue weighted by Gasteiger charge is 2.38. The van der Waals surface area contributed by atoms with Crippen molar-refractivity contribution in [3.8, 4) is 12.2 Å². The average Bonchev–Trinajstić information content (AvgIpc) is 3.73. The Bertz CT molecular complexity index is 1450. The Balaban J connectivity index is 1.20. The first-order valence-corrected chi connectivity index (χ1v) is 15.0. The summed E-state index contributed by atoms with van der Waals surface area (Å²) in [6, 6.07) is 13.8. The van der Waals surface area contributed by atoms with E-state index in [1.807, 2.05) is 17.0 Å². The Morgan fingerprint density at radius 3 is 2.80 bits per heavy atom. The van der Waals surface area contributed by atoms with Gasteiger partial charge in [-0.2, -0.15) is 15.2 Å². The van der Waals surface area contributed by atoms with Crippen LogP contribution in [-0.4, -0.2) is 78.2 Å². The maximum absolute atomic E-state index is 9.44. The van der Waals surface area contributed by atoms with Gasteiger partial charge in [0.25, 0.3) is 0 Å². The molecular weight excluding hydrogens is 522 g/mol. The lowest BCUT2D eigenvalue weighted by Gasteiger charge is -2.34. The number of rotatable bonds is 6. The number of likely N-dealkylation sites (N-methyl/N-ethyl adjacent to an activating group) is 1. The lowest BCUT2D eigenvalue weighted by Crippen LogP contribution is -2.38. The van der Waals surface area contributed by atoms with E-state index < -0.39 is 0 Å². The van der Waals surface area contributed by atoms with Crippen molar-refractivity contribution in [1.82, 2.24) is 19.8 Å². The molecule has 2 unspecified atom stereocenters. The monoisotopic (exact) mass is 557 g/mol. The minimum Gasteiger partial charge on any atom is -0.463 e. The fourth-order valence-electron chi connectivity index (χ4n) is 7.38. The second-order valence-corrected chi connectivity index (χ2v) is 12.2. The molecular formula is C31H36ClN7O. The van der Waals surface area contributed by atoms with E-state index in [1.54, 1.807) is 0 Å². The van der Waals surface area contributed by atoms with E-state index >= 15 is 0 Å². The van der Waals surface area contributed by atoms with Crippen molar-refractivity contribution in [2.45, 2.75) is 50.7 Å². The summed E-state index contributed by atoms with van der Waals surface area (Å²) in [7, 11) is 2.11.